The molecular weight excluding hydrogens is 406 g/mol. The molecule has 7 nitrogen and oxygen atoms in total. The molecule has 7 heteroatoms. The number of hydrogen-bond acceptors (Lipinski definition) is 5. The summed E-state index contributed by atoms with van der Waals surface area (Å²) in [7, 11) is 0. The number of aliphatic carboxylic acids is 1. The van der Waals surface area contributed by atoms with E-state index in [-0.39, 0.29) is 18.9 Å². The normalized spacial score (nSPS) is 14.2. The summed E-state index contributed by atoms with van der Waals surface area (Å²) >= 11 is 0. The predicted molar refractivity (Wildman–Crippen MR) is 118 cm³/mol. The quantitative estimate of drug-likeness (QED) is 0.364. The molecule has 0 saturated carbocycles. The minimum Gasteiger partial charge on any atom is -0.599 e. The van der Waals surface area contributed by atoms with Gasteiger partial charge in [0, 0.05) is 36.7 Å². The monoisotopic (exact) mass is 426 g/mol. The maximum atomic E-state index is 12.5. The minimum atomic E-state index is -1.25. The largest absolute Gasteiger partial charge is 0.599 e. The average Bonchev–Trinajstić information content (AvgIpc) is 3.36. The Bertz CT molecular complexity index is 1280. The fourth-order valence-corrected chi connectivity index (χ4v) is 4.34. The third-order valence-corrected chi connectivity index (χ3v) is 5.83. The van der Waals surface area contributed by atoms with E-state index in [4.69, 9.17) is 4.74 Å². The Kier molecular flexibility index (Phi) is 5.07. The van der Waals surface area contributed by atoms with Gasteiger partial charge in [-0.25, -0.2) is 9.78 Å². The van der Waals surface area contributed by atoms with Crippen molar-refractivity contribution in [3.8, 4) is 11.1 Å². The first-order valence-electron chi connectivity index (χ1n) is 10.3. The van der Waals surface area contributed by atoms with Crippen LogP contribution in [0.1, 0.15) is 22.6 Å². The first-order valence-corrected chi connectivity index (χ1v) is 10.3. The third-order valence-electron chi connectivity index (χ3n) is 5.83. The maximum Gasteiger partial charge on any atom is 0.328 e. The molecule has 4 aromatic rings. The number of carboxylic acid groups (broad SMARTS) is 1. The molecule has 1 aliphatic carbocycles. The number of rotatable bonds is 6. The molecule has 32 heavy (non-hydrogen) atoms. The highest BCUT2D eigenvalue weighted by atomic mass is 16.6. The van der Waals surface area contributed by atoms with Crippen LogP contribution in [0.5, 0.6) is 0 Å². The predicted octanol–water partition coefficient (Wildman–Crippen LogP) is 3.10. The number of aliphatic imine (C=N–C) groups is 1. The number of nitrogens with zero attached hydrogens (tertiary/aromatic N) is 2. The van der Waals surface area contributed by atoms with Crippen molar-refractivity contribution in [2.75, 3.05) is 6.61 Å². The lowest BCUT2D eigenvalue weighted by molar-refractivity contribution is -0.251. The van der Waals surface area contributed by atoms with E-state index in [0.717, 1.165) is 33.2 Å². The van der Waals surface area contributed by atoms with Crippen molar-refractivity contribution >= 4 is 23.1 Å². The van der Waals surface area contributed by atoms with Crippen molar-refractivity contribution in [3.05, 3.63) is 89.7 Å². The van der Waals surface area contributed by atoms with Gasteiger partial charge in [0.25, 0.3) is 0 Å². The summed E-state index contributed by atoms with van der Waals surface area (Å²) in [5.41, 5.74) is 5.81. The van der Waals surface area contributed by atoms with E-state index in [1.165, 1.54) is 0 Å². The zero-order valence-electron chi connectivity index (χ0n) is 17.1. The molecule has 0 bridgehead atoms. The van der Waals surface area contributed by atoms with Crippen molar-refractivity contribution in [1.82, 2.24) is 9.97 Å². The standard InChI is InChI=1S/C25H21N3O4/c29-24(30)22(12-15-13-27-23-16(15)10-5-11-26-23)28-25(31)32-14-21-19-8-3-1-6-17(19)18-7-2-4-9-20(18)21/h1-11,13,21-22H,12,14H2,(H,26,27)(H,28,31)(H,29,30)/p-1. The summed E-state index contributed by atoms with van der Waals surface area (Å²) in [6.07, 6.45) is 2.53. The first kappa shape index (κ1) is 19.8. The van der Waals surface area contributed by atoms with Crippen molar-refractivity contribution in [2.24, 2.45) is 4.99 Å². The summed E-state index contributed by atoms with van der Waals surface area (Å²) < 4.78 is 5.44. The van der Waals surface area contributed by atoms with Crippen LogP contribution in [0.15, 0.2) is 78.0 Å². The molecule has 0 spiro atoms. The van der Waals surface area contributed by atoms with Gasteiger partial charge in [-0.2, -0.15) is 0 Å². The molecule has 5 rings (SSSR count). The summed E-state index contributed by atoms with van der Waals surface area (Å²) in [4.78, 5) is 22.8. The number of benzene rings is 2. The molecule has 1 atom stereocenters. The van der Waals surface area contributed by atoms with Crippen LogP contribution in [0.2, 0.25) is 0 Å². The third kappa shape index (κ3) is 3.58. The molecule has 0 fully saturated rings. The van der Waals surface area contributed by atoms with Gasteiger partial charge >= 0.3 is 5.97 Å². The van der Waals surface area contributed by atoms with E-state index in [9.17, 15) is 15.0 Å². The van der Waals surface area contributed by atoms with Crippen LogP contribution in [-0.2, 0) is 16.0 Å². The topological polar surface area (TPSA) is 111 Å². The molecule has 160 valence electrons. The van der Waals surface area contributed by atoms with Gasteiger partial charge in [0.2, 0.25) is 0 Å². The van der Waals surface area contributed by atoms with Crippen LogP contribution < -0.4 is 5.11 Å². The fourth-order valence-electron chi connectivity index (χ4n) is 4.34. The van der Waals surface area contributed by atoms with Crippen LogP contribution in [0.3, 0.4) is 0 Å². The number of pyridine rings is 1. The molecule has 1 aliphatic rings. The van der Waals surface area contributed by atoms with Gasteiger partial charge < -0.3 is 19.9 Å². The smallest absolute Gasteiger partial charge is 0.328 e. The highest BCUT2D eigenvalue weighted by molar-refractivity contribution is 5.82. The Labute approximate surface area is 184 Å². The Hall–Kier alpha value is -4.13. The van der Waals surface area contributed by atoms with Gasteiger partial charge in [0.05, 0.1) is 0 Å². The van der Waals surface area contributed by atoms with Crippen LogP contribution in [0, 0.1) is 0 Å². The molecule has 0 amide bonds. The lowest BCUT2D eigenvalue weighted by Crippen LogP contribution is -2.30. The second-order valence-corrected chi connectivity index (χ2v) is 7.70. The molecule has 0 radical (unpaired) electrons. The molecule has 0 aliphatic heterocycles. The summed E-state index contributed by atoms with van der Waals surface area (Å²) in [6, 6.07) is 18.4. The number of carbonyl (C=O) groups is 1. The minimum absolute atomic E-state index is 0.0607. The van der Waals surface area contributed by atoms with Crippen LogP contribution in [0.4, 0.5) is 0 Å². The van der Waals surface area contributed by atoms with Crippen molar-refractivity contribution < 1.29 is 19.7 Å². The molecule has 2 heterocycles. The summed E-state index contributed by atoms with van der Waals surface area (Å²) in [5, 5.41) is 22.9. The second kappa shape index (κ2) is 8.19. The average molecular weight is 426 g/mol. The first-order chi connectivity index (χ1) is 15.6. The van der Waals surface area contributed by atoms with E-state index in [1.807, 2.05) is 42.5 Å². The van der Waals surface area contributed by atoms with Crippen LogP contribution in [-0.4, -0.2) is 39.8 Å². The number of carboxylic acids is 1. The van der Waals surface area contributed by atoms with Gasteiger partial charge in [-0.15, -0.1) is 0 Å². The highest BCUT2D eigenvalue weighted by Crippen LogP contribution is 2.44. The number of aromatic amines is 1. The van der Waals surface area contributed by atoms with Gasteiger partial charge in [-0.05, 0) is 39.9 Å². The molecule has 1 unspecified atom stereocenters. The lowest BCUT2D eigenvalue weighted by atomic mass is 9.98. The number of aromatic nitrogens is 2. The second-order valence-electron chi connectivity index (χ2n) is 7.70. The number of fused-ring (bicyclic) bond motifs is 4. The molecular formula is C25H20N3O4-. The van der Waals surface area contributed by atoms with Gasteiger partial charge in [-0.3, -0.25) is 4.99 Å². The Morgan fingerprint density at radius 1 is 1.09 bits per heavy atom. The van der Waals surface area contributed by atoms with E-state index in [0.29, 0.717) is 5.65 Å². The Morgan fingerprint density at radius 2 is 1.78 bits per heavy atom. The van der Waals surface area contributed by atoms with E-state index >= 15 is 0 Å². The summed E-state index contributed by atoms with van der Waals surface area (Å²) in [6.45, 7) is 0.0969. The molecule has 2 aromatic carbocycles. The number of ether oxygens (including phenoxy) is 1. The number of nitrogens with one attached hydrogen (secondary N) is 1. The van der Waals surface area contributed by atoms with Gasteiger partial charge in [0.1, 0.15) is 11.7 Å². The van der Waals surface area contributed by atoms with E-state index < -0.39 is 18.1 Å². The van der Waals surface area contributed by atoms with Crippen LogP contribution in [0.25, 0.3) is 22.2 Å². The van der Waals surface area contributed by atoms with Crippen molar-refractivity contribution in [3.63, 3.8) is 0 Å². The van der Waals surface area contributed by atoms with E-state index in [1.54, 1.807) is 18.5 Å². The van der Waals surface area contributed by atoms with E-state index in [2.05, 4.69) is 27.1 Å². The molecule has 0 saturated heterocycles. The zero-order chi connectivity index (χ0) is 22.1. The van der Waals surface area contributed by atoms with Crippen molar-refractivity contribution in [2.45, 2.75) is 18.4 Å². The molecule has 2 N–H and O–H groups in total. The van der Waals surface area contributed by atoms with Crippen molar-refractivity contribution in [1.29, 1.82) is 0 Å². The zero-order valence-corrected chi connectivity index (χ0v) is 17.1. The summed E-state index contributed by atoms with van der Waals surface area (Å²) in [5.74, 6) is -1.29. The van der Waals surface area contributed by atoms with Gasteiger partial charge in [0.15, 0.2) is 6.04 Å². The Morgan fingerprint density at radius 3 is 2.47 bits per heavy atom. The molecule has 2 aromatic heterocycles. The van der Waals surface area contributed by atoms with Crippen LogP contribution >= 0.6 is 0 Å². The van der Waals surface area contributed by atoms with Gasteiger partial charge in [-0.1, -0.05) is 48.5 Å². The lowest BCUT2D eigenvalue weighted by Gasteiger charge is -2.22. The highest BCUT2D eigenvalue weighted by Gasteiger charge is 2.27. The number of H-pyrrole nitrogens is 1. The maximum absolute atomic E-state index is 12.5. The Balaban J connectivity index is 1.34. The number of hydrogen-bond donors (Lipinski definition) is 2. The SMILES string of the molecule is O=C(O)C(Cc1c[nH]c2ncccc12)N=C([O-])OCC1c2ccccc2-c2ccccc21. The fraction of sp³-hybridized carbons (Fsp3) is 0.160.